The van der Waals surface area contributed by atoms with Crippen molar-refractivity contribution in [1.29, 1.82) is 0 Å². The number of ether oxygens (including phenoxy) is 1. The van der Waals surface area contributed by atoms with Gasteiger partial charge in [0.15, 0.2) is 0 Å². The van der Waals surface area contributed by atoms with Crippen LogP contribution in [0.25, 0.3) is 0 Å². The lowest BCUT2D eigenvalue weighted by Crippen LogP contribution is -2.24. The van der Waals surface area contributed by atoms with Crippen molar-refractivity contribution in [2.24, 2.45) is 11.8 Å². The van der Waals surface area contributed by atoms with E-state index in [1.54, 1.807) is 6.92 Å². The maximum atomic E-state index is 11.2. The largest absolute Gasteiger partial charge is 0.469 e. The second-order valence-electron chi connectivity index (χ2n) is 3.28. The van der Waals surface area contributed by atoms with Gasteiger partial charge in [0.2, 0.25) is 0 Å². The average Bonchev–Trinajstić information content (AvgIpc) is 2.50. The molecule has 1 saturated carbocycles. The van der Waals surface area contributed by atoms with Crippen LogP contribution in [0, 0.1) is 11.8 Å². The van der Waals surface area contributed by atoms with Gasteiger partial charge in [-0.1, -0.05) is 6.42 Å². The number of carbonyl (C=O) groups excluding carboxylic acids is 2. The molecular formula is C9H14O3. The summed E-state index contributed by atoms with van der Waals surface area (Å²) in [7, 11) is 1.37. The summed E-state index contributed by atoms with van der Waals surface area (Å²) in [5, 5.41) is 0. The average molecular weight is 170 g/mol. The van der Waals surface area contributed by atoms with E-state index in [9.17, 15) is 9.59 Å². The number of carbonyl (C=O) groups is 2. The van der Waals surface area contributed by atoms with Gasteiger partial charge in [-0.25, -0.2) is 0 Å². The van der Waals surface area contributed by atoms with Gasteiger partial charge in [-0.05, 0) is 19.8 Å². The number of ketones is 1. The van der Waals surface area contributed by atoms with Gasteiger partial charge in [0.1, 0.15) is 5.78 Å². The Kier molecular flexibility index (Phi) is 2.84. The molecule has 0 amide bonds. The molecule has 0 spiro atoms. The summed E-state index contributed by atoms with van der Waals surface area (Å²) in [4.78, 5) is 22.2. The zero-order valence-corrected chi connectivity index (χ0v) is 7.50. The van der Waals surface area contributed by atoms with Gasteiger partial charge in [-0.2, -0.15) is 0 Å². The Morgan fingerprint density at radius 2 is 1.83 bits per heavy atom. The molecular weight excluding hydrogens is 156 g/mol. The molecule has 0 aliphatic heterocycles. The number of hydrogen-bond donors (Lipinski definition) is 0. The van der Waals surface area contributed by atoms with Gasteiger partial charge >= 0.3 is 5.97 Å². The van der Waals surface area contributed by atoms with E-state index in [1.165, 1.54) is 7.11 Å². The zero-order chi connectivity index (χ0) is 9.14. The van der Waals surface area contributed by atoms with E-state index < -0.39 is 0 Å². The molecule has 0 bridgehead atoms. The molecule has 0 radical (unpaired) electrons. The highest BCUT2D eigenvalue weighted by Gasteiger charge is 2.36. The lowest BCUT2D eigenvalue weighted by molar-refractivity contribution is -0.148. The summed E-state index contributed by atoms with van der Waals surface area (Å²) in [5.41, 5.74) is 0. The fourth-order valence-corrected chi connectivity index (χ4v) is 1.88. The predicted molar refractivity (Wildman–Crippen MR) is 43.5 cm³/mol. The van der Waals surface area contributed by atoms with Crippen molar-refractivity contribution < 1.29 is 14.3 Å². The number of methoxy groups -OCH3 is 1. The minimum absolute atomic E-state index is 0.0857. The van der Waals surface area contributed by atoms with Gasteiger partial charge in [-0.15, -0.1) is 0 Å². The molecule has 0 unspecified atom stereocenters. The molecule has 0 aromatic rings. The molecule has 0 heterocycles. The van der Waals surface area contributed by atoms with E-state index in [0.29, 0.717) is 0 Å². The van der Waals surface area contributed by atoms with E-state index in [1.807, 2.05) is 0 Å². The van der Waals surface area contributed by atoms with Crippen molar-refractivity contribution in [2.75, 3.05) is 7.11 Å². The molecule has 0 N–H and O–H groups in total. The third kappa shape index (κ3) is 1.65. The van der Waals surface area contributed by atoms with E-state index in [2.05, 4.69) is 4.74 Å². The SMILES string of the molecule is COC(=O)[C@@H]1CCC[C@H]1C(C)=O. The van der Waals surface area contributed by atoms with Gasteiger partial charge in [0.25, 0.3) is 0 Å². The lowest BCUT2D eigenvalue weighted by atomic mass is 9.93. The molecule has 0 saturated heterocycles. The van der Waals surface area contributed by atoms with Crippen LogP contribution in [0.4, 0.5) is 0 Å². The Labute approximate surface area is 72.1 Å². The van der Waals surface area contributed by atoms with Crippen molar-refractivity contribution in [3.05, 3.63) is 0 Å². The number of esters is 1. The van der Waals surface area contributed by atoms with Crippen molar-refractivity contribution >= 4 is 11.8 Å². The molecule has 1 aliphatic carbocycles. The minimum atomic E-state index is -0.229. The second-order valence-corrected chi connectivity index (χ2v) is 3.28. The third-order valence-corrected chi connectivity index (χ3v) is 2.54. The lowest BCUT2D eigenvalue weighted by Gasteiger charge is -2.13. The molecule has 1 aliphatic rings. The van der Waals surface area contributed by atoms with E-state index >= 15 is 0 Å². The maximum Gasteiger partial charge on any atom is 0.309 e. The monoisotopic (exact) mass is 170 g/mol. The van der Waals surface area contributed by atoms with Crippen molar-refractivity contribution in [3.8, 4) is 0 Å². The van der Waals surface area contributed by atoms with Crippen LogP contribution in [0.15, 0.2) is 0 Å². The molecule has 0 aromatic carbocycles. The van der Waals surface area contributed by atoms with Crippen molar-refractivity contribution in [2.45, 2.75) is 26.2 Å². The van der Waals surface area contributed by atoms with Crippen LogP contribution in [-0.2, 0) is 14.3 Å². The topological polar surface area (TPSA) is 43.4 Å². The summed E-state index contributed by atoms with van der Waals surface area (Å²) < 4.78 is 4.62. The quantitative estimate of drug-likeness (QED) is 0.584. The van der Waals surface area contributed by atoms with E-state index in [0.717, 1.165) is 19.3 Å². The highest BCUT2D eigenvalue weighted by atomic mass is 16.5. The molecule has 2 atom stereocenters. The summed E-state index contributed by atoms with van der Waals surface area (Å²) in [6.07, 6.45) is 2.61. The fourth-order valence-electron chi connectivity index (χ4n) is 1.88. The Bertz CT molecular complexity index is 198. The third-order valence-electron chi connectivity index (χ3n) is 2.54. The second kappa shape index (κ2) is 3.70. The summed E-state index contributed by atoms with van der Waals surface area (Å²) in [6, 6.07) is 0. The number of rotatable bonds is 2. The van der Waals surface area contributed by atoms with Crippen LogP contribution in [0.2, 0.25) is 0 Å². The Hall–Kier alpha value is -0.860. The Morgan fingerprint density at radius 1 is 1.25 bits per heavy atom. The molecule has 68 valence electrons. The first-order chi connectivity index (χ1) is 5.66. The molecule has 1 rings (SSSR count). The van der Waals surface area contributed by atoms with E-state index in [4.69, 9.17) is 0 Å². The summed E-state index contributed by atoms with van der Waals surface area (Å²) >= 11 is 0. The van der Waals surface area contributed by atoms with Crippen LogP contribution >= 0.6 is 0 Å². The van der Waals surface area contributed by atoms with Gasteiger partial charge < -0.3 is 4.74 Å². The number of Topliss-reactive ketones (excluding diaryl/α,β-unsaturated/α-hetero) is 1. The number of hydrogen-bond acceptors (Lipinski definition) is 3. The van der Waals surface area contributed by atoms with Crippen LogP contribution in [0.1, 0.15) is 26.2 Å². The van der Waals surface area contributed by atoms with E-state index in [-0.39, 0.29) is 23.6 Å². The highest BCUT2D eigenvalue weighted by molar-refractivity contribution is 5.85. The molecule has 1 fully saturated rings. The first-order valence-corrected chi connectivity index (χ1v) is 4.25. The van der Waals surface area contributed by atoms with Crippen molar-refractivity contribution in [3.63, 3.8) is 0 Å². The van der Waals surface area contributed by atoms with Crippen LogP contribution < -0.4 is 0 Å². The maximum absolute atomic E-state index is 11.2. The predicted octanol–water partition coefficient (Wildman–Crippen LogP) is 1.16. The first kappa shape index (κ1) is 9.23. The van der Waals surface area contributed by atoms with Crippen LogP contribution in [0.3, 0.4) is 0 Å². The molecule has 3 heteroatoms. The van der Waals surface area contributed by atoms with Gasteiger partial charge in [0, 0.05) is 5.92 Å². The molecule has 12 heavy (non-hydrogen) atoms. The van der Waals surface area contributed by atoms with Gasteiger partial charge in [0.05, 0.1) is 13.0 Å². The molecule has 0 aromatic heterocycles. The highest BCUT2D eigenvalue weighted by Crippen LogP contribution is 2.32. The Balaban J connectivity index is 2.63. The standard InChI is InChI=1S/C9H14O3/c1-6(10)7-4-3-5-8(7)9(11)12-2/h7-8H,3-5H2,1-2H3/t7-,8+/m0/s1. The Morgan fingerprint density at radius 3 is 2.33 bits per heavy atom. The molecule has 3 nitrogen and oxygen atoms in total. The minimum Gasteiger partial charge on any atom is -0.469 e. The summed E-state index contributed by atoms with van der Waals surface area (Å²) in [5.74, 6) is -0.374. The van der Waals surface area contributed by atoms with Crippen molar-refractivity contribution in [1.82, 2.24) is 0 Å². The normalized spacial score (nSPS) is 28.5. The first-order valence-electron chi connectivity index (χ1n) is 4.25. The van der Waals surface area contributed by atoms with Crippen LogP contribution in [-0.4, -0.2) is 18.9 Å². The fraction of sp³-hybridized carbons (Fsp3) is 0.778. The zero-order valence-electron chi connectivity index (χ0n) is 7.50. The van der Waals surface area contributed by atoms with Gasteiger partial charge in [-0.3, -0.25) is 9.59 Å². The smallest absolute Gasteiger partial charge is 0.309 e. The van der Waals surface area contributed by atoms with Crippen LogP contribution in [0.5, 0.6) is 0 Å². The summed E-state index contributed by atoms with van der Waals surface area (Å²) in [6.45, 7) is 1.55.